The maximum absolute atomic E-state index is 12.3. The third-order valence-electron chi connectivity index (χ3n) is 3.50. The lowest BCUT2D eigenvalue weighted by atomic mass is 10.2. The molecule has 7 nitrogen and oxygen atoms in total. The first kappa shape index (κ1) is 13.2. The van der Waals surface area contributed by atoms with Crippen LogP contribution in [0.25, 0.3) is 11.0 Å². The van der Waals surface area contributed by atoms with E-state index in [1.165, 1.54) is 0 Å². The van der Waals surface area contributed by atoms with Gasteiger partial charge in [0.2, 0.25) is 10.0 Å². The number of benzene rings is 1. The molecule has 0 amide bonds. The molecule has 0 bridgehead atoms. The molecular formula is C12H16N4O3S. The molecular weight excluding hydrogens is 280 g/mol. The first-order chi connectivity index (χ1) is 9.54. The molecule has 1 aliphatic rings. The fourth-order valence-corrected chi connectivity index (χ4v) is 3.93. The fraction of sp³-hybridized carbons (Fsp3) is 0.417. The molecule has 2 aromatic rings. The van der Waals surface area contributed by atoms with Crippen LogP contribution in [0.2, 0.25) is 0 Å². The lowest BCUT2D eigenvalue weighted by Gasteiger charge is -2.23. The van der Waals surface area contributed by atoms with E-state index in [2.05, 4.69) is 20.0 Å². The van der Waals surface area contributed by atoms with E-state index in [0.717, 1.165) is 13.1 Å². The molecule has 0 saturated carbocycles. The minimum atomic E-state index is -3.39. The SMILES string of the molecule is O=c1[nH]c2ccc(NS(=O)(=O)C3CCNCC3)cc2[nH]1. The zero-order valence-electron chi connectivity index (χ0n) is 10.8. The van der Waals surface area contributed by atoms with Crippen molar-refractivity contribution in [3.05, 3.63) is 28.7 Å². The van der Waals surface area contributed by atoms with Crippen LogP contribution in [0.4, 0.5) is 5.69 Å². The van der Waals surface area contributed by atoms with Gasteiger partial charge < -0.3 is 15.3 Å². The first-order valence-corrected chi connectivity index (χ1v) is 8.04. The van der Waals surface area contributed by atoms with E-state index in [1.807, 2.05) is 0 Å². The lowest BCUT2D eigenvalue weighted by Crippen LogP contribution is -2.38. The van der Waals surface area contributed by atoms with Gasteiger partial charge in [-0.15, -0.1) is 0 Å². The minimum Gasteiger partial charge on any atom is -0.317 e. The molecule has 1 saturated heterocycles. The van der Waals surface area contributed by atoms with Crippen molar-refractivity contribution in [2.24, 2.45) is 0 Å². The third kappa shape index (κ3) is 2.56. The van der Waals surface area contributed by atoms with E-state index in [4.69, 9.17) is 0 Å². The number of aromatic amines is 2. The molecule has 108 valence electrons. The van der Waals surface area contributed by atoms with Gasteiger partial charge in [0.25, 0.3) is 0 Å². The Balaban J connectivity index is 1.85. The Morgan fingerprint density at radius 1 is 1.10 bits per heavy atom. The third-order valence-corrected chi connectivity index (χ3v) is 5.37. The Hall–Kier alpha value is -1.80. The van der Waals surface area contributed by atoms with Crippen molar-refractivity contribution >= 4 is 26.7 Å². The quantitative estimate of drug-likeness (QED) is 0.655. The topological polar surface area (TPSA) is 107 Å². The highest BCUT2D eigenvalue weighted by atomic mass is 32.2. The average molecular weight is 296 g/mol. The summed E-state index contributed by atoms with van der Waals surface area (Å²) in [6.07, 6.45) is 1.22. The van der Waals surface area contributed by atoms with Gasteiger partial charge in [-0.3, -0.25) is 4.72 Å². The number of piperidine rings is 1. The molecule has 0 radical (unpaired) electrons. The molecule has 0 aliphatic carbocycles. The summed E-state index contributed by atoms with van der Waals surface area (Å²) in [5.41, 5.74) is 1.39. The number of H-pyrrole nitrogens is 2. The largest absolute Gasteiger partial charge is 0.323 e. The van der Waals surface area contributed by atoms with Gasteiger partial charge in [-0.1, -0.05) is 0 Å². The van der Waals surface area contributed by atoms with Crippen LogP contribution in [0.5, 0.6) is 0 Å². The van der Waals surface area contributed by atoms with Crippen molar-refractivity contribution in [3.8, 4) is 0 Å². The second-order valence-corrected chi connectivity index (χ2v) is 6.90. The van der Waals surface area contributed by atoms with Crippen molar-refractivity contribution in [1.82, 2.24) is 15.3 Å². The molecule has 1 aliphatic heterocycles. The molecule has 1 fully saturated rings. The molecule has 1 aromatic heterocycles. The van der Waals surface area contributed by atoms with Gasteiger partial charge >= 0.3 is 5.69 Å². The van der Waals surface area contributed by atoms with Crippen molar-refractivity contribution in [2.45, 2.75) is 18.1 Å². The zero-order valence-corrected chi connectivity index (χ0v) is 11.6. The number of nitrogens with one attached hydrogen (secondary N) is 4. The van der Waals surface area contributed by atoms with Gasteiger partial charge in [-0.25, -0.2) is 13.2 Å². The molecule has 2 heterocycles. The van der Waals surface area contributed by atoms with Gasteiger partial charge in [-0.05, 0) is 44.1 Å². The van der Waals surface area contributed by atoms with E-state index in [1.54, 1.807) is 18.2 Å². The molecule has 0 atom stereocenters. The predicted molar refractivity (Wildman–Crippen MR) is 77.4 cm³/mol. The van der Waals surface area contributed by atoms with Crippen molar-refractivity contribution in [1.29, 1.82) is 0 Å². The molecule has 8 heteroatoms. The van der Waals surface area contributed by atoms with Crippen LogP contribution in [-0.2, 0) is 10.0 Å². The summed E-state index contributed by atoms with van der Waals surface area (Å²) in [5, 5.41) is 2.77. The maximum atomic E-state index is 12.3. The van der Waals surface area contributed by atoms with Gasteiger partial charge in [0.1, 0.15) is 0 Å². The summed E-state index contributed by atoms with van der Waals surface area (Å²) in [5.74, 6) is 0. The highest BCUT2D eigenvalue weighted by molar-refractivity contribution is 7.93. The molecule has 20 heavy (non-hydrogen) atoms. The normalized spacial score (nSPS) is 17.4. The summed E-state index contributed by atoms with van der Waals surface area (Å²) in [6.45, 7) is 1.44. The van der Waals surface area contributed by atoms with Crippen LogP contribution in [0, 0.1) is 0 Å². The van der Waals surface area contributed by atoms with Crippen molar-refractivity contribution < 1.29 is 8.42 Å². The second kappa shape index (κ2) is 4.95. The summed E-state index contributed by atoms with van der Waals surface area (Å²) in [7, 11) is -3.39. The van der Waals surface area contributed by atoms with Crippen LogP contribution < -0.4 is 15.7 Å². The van der Waals surface area contributed by atoms with Crippen LogP contribution >= 0.6 is 0 Å². The van der Waals surface area contributed by atoms with Crippen LogP contribution in [0.3, 0.4) is 0 Å². The maximum Gasteiger partial charge on any atom is 0.323 e. The Bertz CT molecular complexity index is 771. The molecule has 0 unspecified atom stereocenters. The van der Waals surface area contributed by atoms with Crippen LogP contribution in [-0.4, -0.2) is 36.7 Å². The van der Waals surface area contributed by atoms with Crippen LogP contribution in [0.1, 0.15) is 12.8 Å². The molecule has 1 aromatic carbocycles. The smallest absolute Gasteiger partial charge is 0.317 e. The number of rotatable bonds is 3. The average Bonchev–Trinajstić information content (AvgIpc) is 2.79. The lowest BCUT2D eigenvalue weighted by molar-refractivity contribution is 0.499. The first-order valence-electron chi connectivity index (χ1n) is 6.49. The van der Waals surface area contributed by atoms with E-state index in [-0.39, 0.29) is 10.9 Å². The number of fused-ring (bicyclic) bond motifs is 1. The Morgan fingerprint density at radius 2 is 1.80 bits per heavy atom. The van der Waals surface area contributed by atoms with Crippen LogP contribution in [0.15, 0.2) is 23.0 Å². The number of anilines is 1. The highest BCUT2D eigenvalue weighted by Gasteiger charge is 2.27. The fourth-order valence-electron chi connectivity index (χ4n) is 2.45. The van der Waals surface area contributed by atoms with Crippen molar-refractivity contribution in [2.75, 3.05) is 17.8 Å². The number of hydrogen-bond acceptors (Lipinski definition) is 4. The van der Waals surface area contributed by atoms with Gasteiger partial charge in [0.05, 0.1) is 22.0 Å². The molecule has 0 spiro atoms. The van der Waals surface area contributed by atoms with E-state index in [0.29, 0.717) is 29.6 Å². The monoisotopic (exact) mass is 296 g/mol. The molecule has 4 N–H and O–H groups in total. The summed E-state index contributed by atoms with van der Waals surface area (Å²) in [4.78, 5) is 16.4. The summed E-state index contributed by atoms with van der Waals surface area (Å²) >= 11 is 0. The van der Waals surface area contributed by atoms with E-state index < -0.39 is 10.0 Å². The second-order valence-electron chi connectivity index (χ2n) is 4.94. The van der Waals surface area contributed by atoms with E-state index in [9.17, 15) is 13.2 Å². The minimum absolute atomic E-state index is 0.307. The van der Waals surface area contributed by atoms with Crippen molar-refractivity contribution in [3.63, 3.8) is 0 Å². The number of aromatic nitrogens is 2. The highest BCUT2D eigenvalue weighted by Crippen LogP contribution is 2.20. The van der Waals surface area contributed by atoms with E-state index >= 15 is 0 Å². The van der Waals surface area contributed by atoms with Gasteiger partial charge in [0.15, 0.2) is 0 Å². The standard InChI is InChI=1S/C12H16N4O3S/c17-12-14-10-2-1-8(7-11(10)15-12)16-20(18,19)9-3-5-13-6-4-9/h1-2,7,9,13,16H,3-6H2,(H2,14,15,17). The van der Waals surface area contributed by atoms with Gasteiger partial charge in [-0.2, -0.15) is 0 Å². The van der Waals surface area contributed by atoms with Gasteiger partial charge in [0, 0.05) is 0 Å². The zero-order chi connectivity index (χ0) is 14.2. The number of hydrogen-bond donors (Lipinski definition) is 4. The summed E-state index contributed by atoms with van der Waals surface area (Å²) in [6, 6.07) is 4.93. The Kier molecular flexibility index (Phi) is 3.27. The number of sulfonamides is 1. The predicted octanol–water partition coefficient (Wildman–Crippen LogP) is 0.350. The Morgan fingerprint density at radius 3 is 2.55 bits per heavy atom. The molecule has 3 rings (SSSR count). The summed E-state index contributed by atoms with van der Waals surface area (Å²) < 4.78 is 27.2. The number of imidazole rings is 1. The Labute approximate surface area is 115 Å².